The van der Waals surface area contributed by atoms with Crippen LogP contribution in [0.5, 0.6) is 0 Å². The van der Waals surface area contributed by atoms with E-state index in [4.69, 9.17) is 0 Å². The van der Waals surface area contributed by atoms with E-state index in [-0.39, 0.29) is 23.8 Å². The molecule has 0 atom stereocenters. The number of hydrogen-bond donors (Lipinski definition) is 2. The van der Waals surface area contributed by atoms with Gasteiger partial charge in [-0.3, -0.25) is 9.48 Å². The van der Waals surface area contributed by atoms with E-state index in [2.05, 4.69) is 15.1 Å². The number of nitrogens with zero attached hydrogens (tertiary/aromatic N) is 2. The molecular formula is C19H20N4O3S. The number of rotatable bonds is 8. The van der Waals surface area contributed by atoms with Crippen molar-refractivity contribution >= 4 is 21.6 Å². The predicted molar refractivity (Wildman–Crippen MR) is 103 cm³/mol. The molecule has 0 saturated heterocycles. The van der Waals surface area contributed by atoms with Crippen LogP contribution in [-0.4, -0.2) is 30.7 Å². The lowest BCUT2D eigenvalue weighted by Gasteiger charge is -2.06. The number of sulfonamides is 1. The fourth-order valence-electron chi connectivity index (χ4n) is 2.49. The summed E-state index contributed by atoms with van der Waals surface area (Å²) in [5.74, 6) is -0.287. The predicted octanol–water partition coefficient (Wildman–Crippen LogP) is 2.24. The first-order valence-electron chi connectivity index (χ1n) is 8.44. The van der Waals surface area contributed by atoms with Crippen molar-refractivity contribution in [3.8, 4) is 0 Å². The van der Waals surface area contributed by atoms with Crippen molar-refractivity contribution in [1.29, 1.82) is 0 Å². The summed E-state index contributed by atoms with van der Waals surface area (Å²) < 4.78 is 28.3. The molecule has 2 aromatic carbocycles. The third-order valence-corrected chi connectivity index (χ3v) is 5.28. The molecule has 0 aliphatic carbocycles. The molecule has 3 rings (SSSR count). The normalized spacial score (nSPS) is 11.3. The highest BCUT2D eigenvalue weighted by molar-refractivity contribution is 7.89. The average molecular weight is 384 g/mol. The zero-order chi connectivity index (χ0) is 19.1. The molecular weight excluding hydrogens is 364 g/mol. The van der Waals surface area contributed by atoms with Crippen molar-refractivity contribution in [3.63, 3.8) is 0 Å². The highest BCUT2D eigenvalue weighted by atomic mass is 32.2. The van der Waals surface area contributed by atoms with Crippen LogP contribution in [0.2, 0.25) is 0 Å². The van der Waals surface area contributed by atoms with Crippen molar-refractivity contribution in [1.82, 2.24) is 14.5 Å². The molecule has 7 nitrogen and oxygen atoms in total. The van der Waals surface area contributed by atoms with Gasteiger partial charge in [-0.15, -0.1) is 0 Å². The van der Waals surface area contributed by atoms with Crippen LogP contribution in [0.15, 0.2) is 78.0 Å². The minimum Gasteiger partial charge on any atom is -0.323 e. The van der Waals surface area contributed by atoms with E-state index in [0.29, 0.717) is 12.2 Å². The third kappa shape index (κ3) is 5.50. The second-order valence-electron chi connectivity index (χ2n) is 5.92. The quantitative estimate of drug-likeness (QED) is 0.623. The van der Waals surface area contributed by atoms with Gasteiger partial charge in [-0.25, -0.2) is 13.1 Å². The summed E-state index contributed by atoms with van der Waals surface area (Å²) in [6.45, 7) is 0.620. The van der Waals surface area contributed by atoms with Crippen molar-refractivity contribution in [3.05, 3.63) is 78.6 Å². The second kappa shape index (κ2) is 8.61. The molecule has 0 aliphatic heterocycles. The lowest BCUT2D eigenvalue weighted by atomic mass is 10.2. The van der Waals surface area contributed by atoms with Crippen molar-refractivity contribution in [2.24, 2.45) is 0 Å². The van der Waals surface area contributed by atoms with E-state index in [1.807, 2.05) is 30.3 Å². The van der Waals surface area contributed by atoms with E-state index in [9.17, 15) is 13.2 Å². The summed E-state index contributed by atoms with van der Waals surface area (Å²) in [4.78, 5) is 12.2. The molecule has 1 aromatic heterocycles. The number of nitrogens with one attached hydrogen (secondary N) is 2. The molecule has 0 spiro atoms. The number of hydrogen-bond acceptors (Lipinski definition) is 4. The molecule has 8 heteroatoms. The first-order valence-corrected chi connectivity index (χ1v) is 9.92. The van der Waals surface area contributed by atoms with Gasteiger partial charge in [0.1, 0.15) is 0 Å². The smallest absolute Gasteiger partial charge is 0.240 e. The van der Waals surface area contributed by atoms with Gasteiger partial charge in [0.25, 0.3) is 0 Å². The van der Waals surface area contributed by atoms with Gasteiger partial charge in [0.05, 0.1) is 23.3 Å². The van der Waals surface area contributed by atoms with Crippen LogP contribution in [0.25, 0.3) is 0 Å². The molecule has 3 aromatic rings. The molecule has 0 bridgehead atoms. The Hall–Kier alpha value is -2.97. The lowest BCUT2D eigenvalue weighted by Crippen LogP contribution is -2.27. The van der Waals surface area contributed by atoms with E-state index < -0.39 is 10.0 Å². The zero-order valence-corrected chi connectivity index (χ0v) is 15.4. The van der Waals surface area contributed by atoms with Crippen LogP contribution in [0, 0.1) is 0 Å². The fraction of sp³-hybridized carbons (Fsp3) is 0.158. The monoisotopic (exact) mass is 384 g/mol. The molecule has 27 heavy (non-hydrogen) atoms. The van der Waals surface area contributed by atoms with Crippen molar-refractivity contribution in [2.45, 2.75) is 17.9 Å². The number of aromatic nitrogens is 2. The molecule has 1 heterocycles. The number of anilines is 1. The first-order chi connectivity index (χ1) is 13.0. The topological polar surface area (TPSA) is 93.1 Å². The number of carbonyl (C=O) groups is 1. The van der Waals surface area contributed by atoms with Crippen LogP contribution in [0.3, 0.4) is 0 Å². The van der Waals surface area contributed by atoms with Gasteiger partial charge < -0.3 is 5.32 Å². The SMILES string of the molecule is O=C(CCNS(=O)(=O)c1ccccc1)Nc1cnn(Cc2ccccc2)c1. The van der Waals surface area contributed by atoms with E-state index >= 15 is 0 Å². The summed E-state index contributed by atoms with van der Waals surface area (Å²) in [5, 5.41) is 6.93. The number of benzene rings is 2. The Balaban J connectivity index is 1.47. The Morgan fingerprint density at radius 2 is 1.67 bits per heavy atom. The van der Waals surface area contributed by atoms with Crippen molar-refractivity contribution < 1.29 is 13.2 Å². The molecule has 2 N–H and O–H groups in total. The minimum atomic E-state index is -3.61. The number of amides is 1. The van der Waals surface area contributed by atoms with E-state index in [1.54, 1.807) is 35.3 Å². The zero-order valence-electron chi connectivity index (χ0n) is 14.6. The van der Waals surface area contributed by atoms with Crippen LogP contribution >= 0.6 is 0 Å². The van der Waals surface area contributed by atoms with Gasteiger partial charge in [-0.1, -0.05) is 48.5 Å². The maximum Gasteiger partial charge on any atom is 0.240 e. The maximum atomic E-state index is 12.1. The standard InChI is InChI=1S/C19H20N4O3S/c24-19(11-12-21-27(25,26)18-9-5-2-6-10-18)22-17-13-20-23(15-17)14-16-7-3-1-4-8-16/h1-10,13,15,21H,11-12,14H2,(H,22,24). The fourth-order valence-corrected chi connectivity index (χ4v) is 3.54. The summed E-state index contributed by atoms with van der Waals surface area (Å²) in [5.41, 5.74) is 1.68. The largest absolute Gasteiger partial charge is 0.323 e. The molecule has 0 aliphatic rings. The molecule has 0 fully saturated rings. The molecule has 1 amide bonds. The summed E-state index contributed by atoms with van der Waals surface area (Å²) in [7, 11) is -3.61. The van der Waals surface area contributed by atoms with E-state index in [0.717, 1.165) is 5.56 Å². The van der Waals surface area contributed by atoms with Crippen LogP contribution in [0.1, 0.15) is 12.0 Å². The first kappa shape index (κ1) is 18.8. The molecule has 0 unspecified atom stereocenters. The van der Waals surface area contributed by atoms with Gasteiger partial charge >= 0.3 is 0 Å². The molecule has 0 radical (unpaired) electrons. The van der Waals surface area contributed by atoms with Crippen LogP contribution < -0.4 is 10.0 Å². The van der Waals surface area contributed by atoms with E-state index in [1.165, 1.54) is 12.1 Å². The van der Waals surface area contributed by atoms with Crippen LogP contribution in [0.4, 0.5) is 5.69 Å². The summed E-state index contributed by atoms with van der Waals surface area (Å²) >= 11 is 0. The minimum absolute atomic E-state index is 0.0151. The lowest BCUT2D eigenvalue weighted by molar-refractivity contribution is -0.116. The van der Waals surface area contributed by atoms with Gasteiger partial charge in [0.15, 0.2) is 0 Å². The maximum absolute atomic E-state index is 12.1. The highest BCUT2D eigenvalue weighted by Gasteiger charge is 2.13. The third-order valence-electron chi connectivity index (χ3n) is 3.80. The average Bonchev–Trinajstić information content (AvgIpc) is 3.10. The van der Waals surface area contributed by atoms with Gasteiger partial charge in [-0.05, 0) is 17.7 Å². The van der Waals surface area contributed by atoms with Crippen LogP contribution in [-0.2, 0) is 21.4 Å². The Morgan fingerprint density at radius 3 is 2.37 bits per heavy atom. The molecule has 140 valence electrons. The number of carbonyl (C=O) groups excluding carboxylic acids is 1. The molecule has 0 saturated carbocycles. The summed E-state index contributed by atoms with van der Waals surface area (Å²) in [6.07, 6.45) is 3.32. The van der Waals surface area contributed by atoms with Crippen molar-refractivity contribution in [2.75, 3.05) is 11.9 Å². The Kier molecular flexibility index (Phi) is 6.00. The highest BCUT2D eigenvalue weighted by Crippen LogP contribution is 2.09. The summed E-state index contributed by atoms with van der Waals surface area (Å²) in [6, 6.07) is 17.9. The Morgan fingerprint density at radius 1 is 1.00 bits per heavy atom. The van der Waals surface area contributed by atoms with Gasteiger partial charge in [0, 0.05) is 19.2 Å². The second-order valence-corrected chi connectivity index (χ2v) is 7.69. The Labute approximate surface area is 158 Å². The van der Waals surface area contributed by atoms with Gasteiger partial charge in [-0.2, -0.15) is 5.10 Å². The van der Waals surface area contributed by atoms with Gasteiger partial charge in [0.2, 0.25) is 15.9 Å². The Bertz CT molecular complexity index is 986.